The first kappa shape index (κ1) is 15.3. The van der Waals surface area contributed by atoms with Gasteiger partial charge in [0.25, 0.3) is 0 Å². The number of hydrogen-bond donors (Lipinski definition) is 0. The number of benzene rings is 2. The highest BCUT2D eigenvalue weighted by Gasteiger charge is 2.12. The van der Waals surface area contributed by atoms with Crippen molar-refractivity contribution in [2.75, 3.05) is 0 Å². The Bertz CT molecular complexity index is 1150. The summed E-state index contributed by atoms with van der Waals surface area (Å²) in [5.74, 6) is -0.0403. The maximum atomic E-state index is 12.4. The monoisotopic (exact) mass is 349 g/mol. The van der Waals surface area contributed by atoms with E-state index in [9.17, 15) is 14.9 Å². The third-order valence-corrected chi connectivity index (χ3v) is 4.78. The largest absolute Gasteiger partial charge is 0.453 e. The number of fused-ring (bicyclic) bond motifs is 3. The number of furan rings is 1. The van der Waals surface area contributed by atoms with E-state index in [1.54, 1.807) is 17.5 Å². The zero-order valence-electron chi connectivity index (χ0n) is 12.8. The Morgan fingerprint density at radius 3 is 2.76 bits per heavy atom. The molecule has 0 radical (unpaired) electrons. The van der Waals surface area contributed by atoms with E-state index in [1.165, 1.54) is 12.1 Å². The molecule has 0 saturated carbocycles. The molecule has 0 aliphatic heterocycles. The molecule has 0 N–H and O–H groups in total. The maximum Gasteiger partial charge on any atom is 0.324 e. The molecule has 2 heterocycles. The predicted molar refractivity (Wildman–Crippen MR) is 98.1 cm³/mol. The Balaban J connectivity index is 1.66. The van der Waals surface area contributed by atoms with Crippen molar-refractivity contribution in [1.82, 2.24) is 0 Å². The van der Waals surface area contributed by atoms with Crippen molar-refractivity contribution in [1.29, 1.82) is 0 Å². The van der Waals surface area contributed by atoms with Gasteiger partial charge < -0.3 is 4.42 Å². The van der Waals surface area contributed by atoms with Crippen LogP contribution in [0.15, 0.2) is 64.4 Å². The Kier molecular flexibility index (Phi) is 3.66. The first-order chi connectivity index (χ1) is 12.1. The number of rotatable bonds is 4. The summed E-state index contributed by atoms with van der Waals surface area (Å²) >= 11 is 1.03. The van der Waals surface area contributed by atoms with E-state index < -0.39 is 4.92 Å². The number of carbonyl (C=O) groups excluding carboxylic acids is 1. The van der Waals surface area contributed by atoms with Crippen molar-refractivity contribution in [3.05, 3.63) is 81.4 Å². The molecule has 0 aliphatic carbocycles. The molecule has 122 valence electrons. The van der Waals surface area contributed by atoms with E-state index in [1.807, 2.05) is 36.4 Å². The van der Waals surface area contributed by atoms with E-state index in [4.69, 9.17) is 4.42 Å². The summed E-state index contributed by atoms with van der Waals surface area (Å²) in [7, 11) is 0. The van der Waals surface area contributed by atoms with Crippen LogP contribution >= 0.6 is 11.3 Å². The number of allylic oxidation sites excluding steroid dienone is 1. The van der Waals surface area contributed by atoms with Crippen LogP contribution in [0.2, 0.25) is 0 Å². The molecule has 4 rings (SSSR count). The standard InChI is InChI=1S/C19H11NO4S/c21-16(7-5-12-9-19(20(22)23)25-11-12)18-10-15-14-4-2-1-3-13(14)6-8-17(15)24-18/h1-11H/b7-5-. The molecule has 0 saturated heterocycles. The second kappa shape index (κ2) is 5.99. The third kappa shape index (κ3) is 2.83. The van der Waals surface area contributed by atoms with Crippen LogP contribution in [0.1, 0.15) is 16.1 Å². The summed E-state index contributed by atoms with van der Waals surface area (Å²) in [4.78, 5) is 22.6. The van der Waals surface area contributed by atoms with Crippen LogP contribution in [0.5, 0.6) is 0 Å². The smallest absolute Gasteiger partial charge is 0.324 e. The molecule has 5 nitrogen and oxygen atoms in total. The Morgan fingerprint density at radius 2 is 1.96 bits per heavy atom. The van der Waals surface area contributed by atoms with Crippen LogP contribution in [0, 0.1) is 10.1 Å². The van der Waals surface area contributed by atoms with Gasteiger partial charge in [-0.05, 0) is 40.6 Å². The molecule has 0 spiro atoms. The molecule has 4 aromatic rings. The highest BCUT2D eigenvalue weighted by atomic mass is 32.1. The Hall–Kier alpha value is -3.25. The summed E-state index contributed by atoms with van der Waals surface area (Å²) in [6.07, 6.45) is 2.92. The van der Waals surface area contributed by atoms with Crippen molar-refractivity contribution in [3.8, 4) is 0 Å². The quantitative estimate of drug-likeness (QED) is 0.212. The van der Waals surface area contributed by atoms with Gasteiger partial charge in [-0.25, -0.2) is 0 Å². The van der Waals surface area contributed by atoms with Crippen LogP contribution < -0.4 is 0 Å². The maximum absolute atomic E-state index is 12.4. The van der Waals surface area contributed by atoms with Crippen LogP contribution in [0.3, 0.4) is 0 Å². The molecule has 0 unspecified atom stereocenters. The highest BCUT2D eigenvalue weighted by molar-refractivity contribution is 7.13. The first-order valence-corrected chi connectivity index (χ1v) is 8.36. The van der Waals surface area contributed by atoms with Gasteiger partial charge in [0.1, 0.15) is 5.58 Å². The van der Waals surface area contributed by atoms with Gasteiger partial charge in [0.05, 0.1) is 4.92 Å². The number of ketones is 1. The van der Waals surface area contributed by atoms with Crippen LogP contribution in [-0.2, 0) is 0 Å². The van der Waals surface area contributed by atoms with Gasteiger partial charge in [0, 0.05) is 16.8 Å². The lowest BCUT2D eigenvalue weighted by Crippen LogP contribution is -1.90. The molecule has 25 heavy (non-hydrogen) atoms. The van der Waals surface area contributed by atoms with Crippen molar-refractivity contribution in [3.63, 3.8) is 0 Å². The minimum atomic E-state index is -0.450. The lowest BCUT2D eigenvalue weighted by molar-refractivity contribution is -0.380. The van der Waals surface area contributed by atoms with Crippen LogP contribution in [0.25, 0.3) is 27.8 Å². The van der Waals surface area contributed by atoms with E-state index in [0.29, 0.717) is 11.1 Å². The zero-order valence-corrected chi connectivity index (χ0v) is 13.7. The zero-order chi connectivity index (χ0) is 17.4. The van der Waals surface area contributed by atoms with Gasteiger partial charge in [-0.15, -0.1) is 0 Å². The summed E-state index contributed by atoms with van der Waals surface area (Å²) in [6, 6.07) is 14.9. The van der Waals surface area contributed by atoms with Crippen molar-refractivity contribution in [2.24, 2.45) is 0 Å². The molecule has 6 heteroatoms. The minimum absolute atomic E-state index is 0.0438. The van der Waals surface area contributed by atoms with E-state index in [2.05, 4.69) is 0 Å². The summed E-state index contributed by atoms with van der Waals surface area (Å²) in [6.45, 7) is 0. The van der Waals surface area contributed by atoms with Gasteiger partial charge in [0.2, 0.25) is 5.78 Å². The SMILES string of the molecule is O=C(/C=C\c1csc([N+](=O)[O-])c1)c1cc2c(ccc3ccccc32)o1. The second-order valence-electron chi connectivity index (χ2n) is 5.48. The van der Waals surface area contributed by atoms with Gasteiger partial charge in [-0.2, -0.15) is 0 Å². The molecular weight excluding hydrogens is 338 g/mol. The van der Waals surface area contributed by atoms with Crippen molar-refractivity contribution >= 4 is 49.9 Å². The summed E-state index contributed by atoms with van der Waals surface area (Å²) < 4.78 is 5.66. The summed E-state index contributed by atoms with van der Waals surface area (Å²) in [5.41, 5.74) is 1.27. The number of nitrogens with zero attached hydrogens (tertiary/aromatic N) is 1. The molecule has 0 aliphatic rings. The van der Waals surface area contributed by atoms with Gasteiger partial charge in [-0.3, -0.25) is 14.9 Å². The van der Waals surface area contributed by atoms with Gasteiger partial charge in [-0.1, -0.05) is 41.7 Å². The molecule has 2 aromatic carbocycles. The average molecular weight is 349 g/mol. The number of carbonyl (C=O) groups is 1. The highest BCUT2D eigenvalue weighted by Crippen LogP contribution is 2.29. The lowest BCUT2D eigenvalue weighted by atomic mass is 10.1. The normalized spacial score (nSPS) is 11.5. The number of hydrogen-bond acceptors (Lipinski definition) is 5. The number of nitro groups is 1. The molecule has 0 atom stereocenters. The number of thiophene rings is 1. The predicted octanol–water partition coefficient (Wildman–Crippen LogP) is 5.45. The van der Waals surface area contributed by atoms with Gasteiger partial charge in [0.15, 0.2) is 5.76 Å². The van der Waals surface area contributed by atoms with Crippen LogP contribution in [-0.4, -0.2) is 10.7 Å². The molecule has 2 aromatic heterocycles. The lowest BCUT2D eigenvalue weighted by Gasteiger charge is -1.96. The molecular formula is C19H11NO4S. The second-order valence-corrected chi connectivity index (χ2v) is 6.37. The fourth-order valence-corrected chi connectivity index (χ4v) is 3.38. The molecule has 0 amide bonds. The molecule has 0 bridgehead atoms. The van der Waals surface area contributed by atoms with Crippen LogP contribution in [0.4, 0.5) is 5.00 Å². The Labute approximate surface area is 146 Å². The van der Waals surface area contributed by atoms with E-state index >= 15 is 0 Å². The fourth-order valence-electron chi connectivity index (χ4n) is 2.69. The average Bonchev–Trinajstić information content (AvgIpc) is 3.26. The minimum Gasteiger partial charge on any atom is -0.453 e. The van der Waals surface area contributed by atoms with Crippen molar-refractivity contribution < 1.29 is 14.1 Å². The third-order valence-electron chi connectivity index (χ3n) is 3.88. The van der Waals surface area contributed by atoms with E-state index in [-0.39, 0.29) is 16.5 Å². The van der Waals surface area contributed by atoms with Crippen molar-refractivity contribution in [2.45, 2.75) is 0 Å². The van der Waals surface area contributed by atoms with E-state index in [0.717, 1.165) is 27.5 Å². The first-order valence-electron chi connectivity index (χ1n) is 7.48. The summed E-state index contributed by atoms with van der Waals surface area (Å²) in [5, 5.41) is 15.4. The Morgan fingerprint density at radius 1 is 1.12 bits per heavy atom. The topological polar surface area (TPSA) is 73.3 Å². The van der Waals surface area contributed by atoms with Gasteiger partial charge >= 0.3 is 5.00 Å². The molecule has 0 fully saturated rings. The fraction of sp³-hybridized carbons (Fsp3) is 0.